The minimum Gasteiger partial charge on any atom is -0.392 e. The highest BCUT2D eigenvalue weighted by molar-refractivity contribution is 7.98. The van der Waals surface area contributed by atoms with Crippen molar-refractivity contribution in [2.75, 3.05) is 19.1 Å². The second-order valence-corrected chi connectivity index (χ2v) is 3.04. The smallest absolute Gasteiger partial charge is 0.00680 e. The first-order valence-electron chi connectivity index (χ1n) is 3.07. The molecular weight excluding hydrogens is 130 g/mol. The second kappa shape index (κ2) is 4.74. The van der Waals surface area contributed by atoms with Gasteiger partial charge in [0.2, 0.25) is 0 Å². The van der Waals surface area contributed by atoms with E-state index in [1.165, 1.54) is 0 Å². The van der Waals surface area contributed by atoms with Crippen LogP contribution in [0.3, 0.4) is 0 Å². The molecule has 1 nitrogen and oxygen atoms in total. The zero-order valence-electron chi connectivity index (χ0n) is 6.40. The SMILES string of the molecule is C=C(NC)C(C)CSC. The molecule has 2 heteroatoms. The highest BCUT2D eigenvalue weighted by Gasteiger charge is 2.01. The first-order chi connectivity index (χ1) is 4.22. The van der Waals surface area contributed by atoms with Gasteiger partial charge in [-0.05, 0) is 6.26 Å². The molecule has 1 N–H and O–H groups in total. The fourth-order valence-electron chi connectivity index (χ4n) is 0.597. The van der Waals surface area contributed by atoms with E-state index in [0.29, 0.717) is 5.92 Å². The summed E-state index contributed by atoms with van der Waals surface area (Å²) in [5, 5.41) is 3.04. The third-order valence-electron chi connectivity index (χ3n) is 1.33. The van der Waals surface area contributed by atoms with Crippen LogP contribution in [0, 0.1) is 5.92 Å². The molecule has 0 saturated heterocycles. The molecule has 0 heterocycles. The fraction of sp³-hybridized carbons (Fsp3) is 0.714. The lowest BCUT2D eigenvalue weighted by atomic mass is 10.2. The molecule has 0 fully saturated rings. The van der Waals surface area contributed by atoms with Crippen LogP contribution < -0.4 is 5.32 Å². The number of hydrogen-bond donors (Lipinski definition) is 1. The van der Waals surface area contributed by atoms with E-state index in [9.17, 15) is 0 Å². The van der Waals surface area contributed by atoms with E-state index in [-0.39, 0.29) is 0 Å². The summed E-state index contributed by atoms with van der Waals surface area (Å²) in [6, 6.07) is 0. The van der Waals surface area contributed by atoms with Crippen LogP contribution in [0.5, 0.6) is 0 Å². The van der Waals surface area contributed by atoms with Crippen molar-refractivity contribution in [3.8, 4) is 0 Å². The molecule has 0 aromatic carbocycles. The van der Waals surface area contributed by atoms with E-state index in [2.05, 4.69) is 25.1 Å². The zero-order chi connectivity index (χ0) is 7.28. The molecule has 0 radical (unpaired) electrons. The van der Waals surface area contributed by atoms with Gasteiger partial charge in [0.25, 0.3) is 0 Å². The number of allylic oxidation sites excluding steroid dienone is 1. The summed E-state index contributed by atoms with van der Waals surface area (Å²) in [6.45, 7) is 6.04. The third-order valence-corrected chi connectivity index (χ3v) is 2.17. The summed E-state index contributed by atoms with van der Waals surface area (Å²) < 4.78 is 0. The molecule has 0 saturated carbocycles. The van der Waals surface area contributed by atoms with Crippen LogP contribution in [0.4, 0.5) is 0 Å². The summed E-state index contributed by atoms with van der Waals surface area (Å²) in [5.41, 5.74) is 1.13. The molecule has 1 unspecified atom stereocenters. The third kappa shape index (κ3) is 3.46. The van der Waals surface area contributed by atoms with E-state index >= 15 is 0 Å². The second-order valence-electron chi connectivity index (χ2n) is 2.13. The lowest BCUT2D eigenvalue weighted by molar-refractivity contribution is 0.715. The average Bonchev–Trinajstić information content (AvgIpc) is 1.87. The Bertz CT molecular complexity index is 90.9. The fourth-order valence-corrected chi connectivity index (χ4v) is 1.30. The van der Waals surface area contributed by atoms with E-state index < -0.39 is 0 Å². The van der Waals surface area contributed by atoms with Crippen molar-refractivity contribution >= 4 is 11.8 Å². The summed E-state index contributed by atoms with van der Waals surface area (Å²) in [6.07, 6.45) is 2.11. The summed E-state index contributed by atoms with van der Waals surface area (Å²) in [7, 11) is 1.92. The standard InChI is InChI=1S/C7H15NS/c1-6(5-9-4)7(2)8-3/h6,8H,2,5H2,1,3-4H3. The molecule has 0 aromatic rings. The largest absolute Gasteiger partial charge is 0.392 e. The van der Waals surface area contributed by atoms with Crippen molar-refractivity contribution in [2.24, 2.45) is 5.92 Å². The van der Waals surface area contributed by atoms with Gasteiger partial charge in [0, 0.05) is 24.4 Å². The molecule has 0 bridgehead atoms. The summed E-state index contributed by atoms with van der Waals surface area (Å²) in [5.74, 6) is 1.74. The van der Waals surface area contributed by atoms with E-state index in [1.54, 1.807) is 0 Å². The van der Waals surface area contributed by atoms with Crippen LogP contribution in [0.25, 0.3) is 0 Å². The Morgan fingerprint density at radius 2 is 2.33 bits per heavy atom. The highest BCUT2D eigenvalue weighted by atomic mass is 32.2. The lowest BCUT2D eigenvalue weighted by Crippen LogP contribution is -2.14. The summed E-state index contributed by atoms with van der Waals surface area (Å²) in [4.78, 5) is 0. The van der Waals surface area contributed by atoms with Gasteiger partial charge in [-0.2, -0.15) is 11.8 Å². The van der Waals surface area contributed by atoms with Gasteiger partial charge in [0.15, 0.2) is 0 Å². The van der Waals surface area contributed by atoms with Gasteiger partial charge < -0.3 is 5.32 Å². The Balaban J connectivity index is 3.45. The normalized spacial score (nSPS) is 12.8. The molecule has 0 rings (SSSR count). The first-order valence-corrected chi connectivity index (χ1v) is 4.47. The molecular formula is C7H15NS. The number of nitrogens with one attached hydrogen (secondary N) is 1. The van der Waals surface area contributed by atoms with Crippen LogP contribution in [0.1, 0.15) is 6.92 Å². The summed E-state index contributed by atoms with van der Waals surface area (Å²) >= 11 is 1.85. The van der Waals surface area contributed by atoms with Gasteiger partial charge in [-0.3, -0.25) is 0 Å². The predicted molar refractivity (Wildman–Crippen MR) is 45.7 cm³/mol. The molecule has 1 atom stereocenters. The van der Waals surface area contributed by atoms with Crippen LogP contribution in [-0.2, 0) is 0 Å². The molecule has 0 aliphatic heterocycles. The predicted octanol–water partition coefficient (Wildman–Crippen LogP) is 1.72. The maximum Gasteiger partial charge on any atom is 0.00680 e. The van der Waals surface area contributed by atoms with Crippen molar-refractivity contribution in [1.82, 2.24) is 5.32 Å². The Labute approximate surface area is 61.9 Å². The number of hydrogen-bond acceptors (Lipinski definition) is 2. The van der Waals surface area contributed by atoms with Crippen molar-refractivity contribution in [2.45, 2.75) is 6.92 Å². The van der Waals surface area contributed by atoms with Gasteiger partial charge >= 0.3 is 0 Å². The van der Waals surface area contributed by atoms with Crippen molar-refractivity contribution < 1.29 is 0 Å². The quantitative estimate of drug-likeness (QED) is 0.646. The minimum absolute atomic E-state index is 0.588. The molecule has 0 aliphatic rings. The van der Waals surface area contributed by atoms with Gasteiger partial charge in [-0.15, -0.1) is 0 Å². The Hall–Kier alpha value is -0.110. The number of rotatable bonds is 4. The van der Waals surface area contributed by atoms with Crippen molar-refractivity contribution in [3.63, 3.8) is 0 Å². The molecule has 9 heavy (non-hydrogen) atoms. The Kier molecular flexibility index (Phi) is 4.68. The molecule has 0 aromatic heterocycles. The van der Waals surface area contributed by atoms with E-state index in [4.69, 9.17) is 0 Å². The van der Waals surface area contributed by atoms with E-state index in [1.807, 2.05) is 18.8 Å². The van der Waals surface area contributed by atoms with Crippen LogP contribution in [0.15, 0.2) is 12.3 Å². The van der Waals surface area contributed by atoms with Crippen molar-refractivity contribution in [1.29, 1.82) is 0 Å². The minimum atomic E-state index is 0.588. The Morgan fingerprint density at radius 1 is 1.78 bits per heavy atom. The molecule has 54 valence electrons. The molecule has 0 aliphatic carbocycles. The van der Waals surface area contributed by atoms with Crippen LogP contribution in [0.2, 0.25) is 0 Å². The average molecular weight is 145 g/mol. The highest BCUT2D eigenvalue weighted by Crippen LogP contribution is 2.09. The number of thioether (sulfide) groups is 1. The topological polar surface area (TPSA) is 12.0 Å². The van der Waals surface area contributed by atoms with Crippen molar-refractivity contribution in [3.05, 3.63) is 12.3 Å². The van der Waals surface area contributed by atoms with Gasteiger partial charge in [-0.25, -0.2) is 0 Å². The van der Waals surface area contributed by atoms with Gasteiger partial charge in [0.05, 0.1) is 0 Å². The maximum absolute atomic E-state index is 3.87. The molecule has 0 amide bonds. The maximum atomic E-state index is 3.87. The van der Waals surface area contributed by atoms with Crippen LogP contribution in [-0.4, -0.2) is 19.1 Å². The van der Waals surface area contributed by atoms with E-state index in [0.717, 1.165) is 11.4 Å². The lowest BCUT2D eigenvalue weighted by Gasteiger charge is -2.11. The molecule has 0 spiro atoms. The Morgan fingerprint density at radius 3 is 2.67 bits per heavy atom. The first kappa shape index (κ1) is 8.89. The van der Waals surface area contributed by atoms with Gasteiger partial charge in [-0.1, -0.05) is 13.5 Å². The van der Waals surface area contributed by atoms with Crippen LogP contribution >= 0.6 is 11.8 Å². The van der Waals surface area contributed by atoms with Gasteiger partial charge in [0.1, 0.15) is 0 Å². The zero-order valence-corrected chi connectivity index (χ0v) is 7.22. The monoisotopic (exact) mass is 145 g/mol.